The molecule has 1 atom stereocenters. The summed E-state index contributed by atoms with van der Waals surface area (Å²) >= 11 is 0. The second-order valence-corrected chi connectivity index (χ2v) is 8.15. The van der Waals surface area contributed by atoms with E-state index in [4.69, 9.17) is 0 Å². The monoisotopic (exact) mass is 357 g/mol. The maximum atomic E-state index is 12.4. The highest BCUT2D eigenvalue weighted by Crippen LogP contribution is 2.38. The molecule has 3 rings (SSSR count). The summed E-state index contributed by atoms with van der Waals surface area (Å²) in [4.78, 5) is 30.5. The Morgan fingerprint density at radius 2 is 1.92 bits per heavy atom. The molecule has 26 heavy (non-hydrogen) atoms. The predicted octanol–water partition coefficient (Wildman–Crippen LogP) is 2.02. The molecule has 1 unspecified atom stereocenters. The van der Waals surface area contributed by atoms with Crippen LogP contribution >= 0.6 is 0 Å². The lowest BCUT2D eigenvalue weighted by Crippen LogP contribution is -2.55. The summed E-state index contributed by atoms with van der Waals surface area (Å²) < 4.78 is 0. The highest BCUT2D eigenvalue weighted by atomic mass is 16.2. The van der Waals surface area contributed by atoms with Gasteiger partial charge in [-0.25, -0.2) is 0 Å². The Morgan fingerprint density at radius 3 is 2.65 bits per heavy atom. The van der Waals surface area contributed by atoms with Gasteiger partial charge >= 0.3 is 0 Å². The fourth-order valence-electron chi connectivity index (χ4n) is 4.33. The number of nitrogens with zero attached hydrogens (tertiary/aromatic N) is 3. The first-order valence-electron chi connectivity index (χ1n) is 9.72. The molecule has 142 valence electrons. The minimum atomic E-state index is 0.162. The van der Waals surface area contributed by atoms with Crippen molar-refractivity contribution in [3.05, 3.63) is 35.9 Å². The molecule has 0 aliphatic carbocycles. The van der Waals surface area contributed by atoms with Gasteiger partial charge in [0.2, 0.25) is 11.8 Å². The van der Waals surface area contributed by atoms with Gasteiger partial charge in [-0.1, -0.05) is 30.3 Å². The van der Waals surface area contributed by atoms with Crippen LogP contribution in [-0.2, 0) is 16.0 Å². The number of piperidine rings is 2. The lowest BCUT2D eigenvalue weighted by atomic mass is 9.73. The van der Waals surface area contributed by atoms with E-state index in [1.807, 2.05) is 20.2 Å². The molecule has 0 radical (unpaired) electrons. The quantitative estimate of drug-likeness (QED) is 0.810. The zero-order chi connectivity index (χ0) is 18.6. The van der Waals surface area contributed by atoms with Crippen LogP contribution in [0, 0.1) is 5.41 Å². The van der Waals surface area contributed by atoms with Crippen molar-refractivity contribution < 1.29 is 9.59 Å². The number of likely N-dealkylation sites (N-methyl/N-ethyl adjacent to an activating group) is 1. The van der Waals surface area contributed by atoms with Crippen LogP contribution in [0.25, 0.3) is 0 Å². The van der Waals surface area contributed by atoms with Crippen LogP contribution < -0.4 is 0 Å². The Balaban J connectivity index is 1.60. The van der Waals surface area contributed by atoms with Crippen molar-refractivity contribution in [3.8, 4) is 0 Å². The van der Waals surface area contributed by atoms with E-state index in [2.05, 4.69) is 34.1 Å². The first kappa shape index (κ1) is 18.9. The highest BCUT2D eigenvalue weighted by Gasteiger charge is 2.41. The predicted molar refractivity (Wildman–Crippen MR) is 103 cm³/mol. The SMILES string of the molecule is CN(C)C(=O)CN1CCCC2(CCC(=O)N(CCc3ccccc3)C2)C1. The summed E-state index contributed by atoms with van der Waals surface area (Å²) in [5.74, 6) is 0.447. The Labute approximate surface area is 156 Å². The molecule has 5 nitrogen and oxygen atoms in total. The topological polar surface area (TPSA) is 43.9 Å². The number of hydrogen-bond acceptors (Lipinski definition) is 3. The van der Waals surface area contributed by atoms with Crippen LogP contribution in [0.5, 0.6) is 0 Å². The lowest BCUT2D eigenvalue weighted by molar-refractivity contribution is -0.140. The van der Waals surface area contributed by atoms with Crippen LogP contribution in [-0.4, -0.2) is 73.3 Å². The van der Waals surface area contributed by atoms with E-state index in [-0.39, 0.29) is 17.2 Å². The molecule has 2 saturated heterocycles. The molecule has 0 bridgehead atoms. The molecule has 2 heterocycles. The summed E-state index contributed by atoms with van der Waals surface area (Å²) in [6.45, 7) is 4.04. The van der Waals surface area contributed by atoms with E-state index in [1.54, 1.807) is 4.90 Å². The van der Waals surface area contributed by atoms with Crippen molar-refractivity contribution in [1.82, 2.24) is 14.7 Å². The molecule has 2 aliphatic heterocycles. The van der Waals surface area contributed by atoms with E-state index in [0.717, 1.165) is 51.9 Å². The second-order valence-electron chi connectivity index (χ2n) is 8.15. The van der Waals surface area contributed by atoms with Crippen molar-refractivity contribution in [3.63, 3.8) is 0 Å². The molecular weight excluding hydrogens is 326 g/mol. The van der Waals surface area contributed by atoms with Gasteiger partial charge in [-0.2, -0.15) is 0 Å². The molecule has 5 heteroatoms. The van der Waals surface area contributed by atoms with Gasteiger partial charge in [0.25, 0.3) is 0 Å². The standard InChI is InChI=1S/C21H31N3O2/c1-22(2)20(26)15-23-13-6-11-21(16-23)12-9-19(25)24(17-21)14-10-18-7-4-3-5-8-18/h3-5,7-8H,6,9-17H2,1-2H3. The Kier molecular flexibility index (Phi) is 5.97. The number of hydrogen-bond donors (Lipinski definition) is 0. The third kappa shape index (κ3) is 4.64. The van der Waals surface area contributed by atoms with Crippen LogP contribution in [0.1, 0.15) is 31.2 Å². The van der Waals surface area contributed by atoms with E-state index in [1.165, 1.54) is 5.56 Å². The number of likely N-dealkylation sites (tertiary alicyclic amines) is 2. The first-order valence-corrected chi connectivity index (χ1v) is 9.72. The molecular formula is C21H31N3O2. The van der Waals surface area contributed by atoms with Crippen LogP contribution in [0.15, 0.2) is 30.3 Å². The number of carbonyl (C=O) groups is 2. The van der Waals surface area contributed by atoms with Gasteiger partial charge < -0.3 is 9.80 Å². The normalized spacial score (nSPS) is 24.1. The fraction of sp³-hybridized carbons (Fsp3) is 0.619. The van der Waals surface area contributed by atoms with Gasteiger partial charge in [-0.15, -0.1) is 0 Å². The largest absolute Gasteiger partial charge is 0.348 e. The van der Waals surface area contributed by atoms with E-state index in [9.17, 15) is 9.59 Å². The molecule has 1 aromatic rings. The summed E-state index contributed by atoms with van der Waals surface area (Å²) in [5, 5.41) is 0. The van der Waals surface area contributed by atoms with Gasteiger partial charge in [0.1, 0.15) is 0 Å². The third-order valence-corrected chi connectivity index (χ3v) is 5.86. The maximum Gasteiger partial charge on any atom is 0.236 e. The molecule has 1 spiro atoms. The summed E-state index contributed by atoms with van der Waals surface area (Å²) in [6.07, 6.45) is 4.78. The summed E-state index contributed by atoms with van der Waals surface area (Å²) in [5.41, 5.74) is 1.44. The van der Waals surface area contributed by atoms with E-state index < -0.39 is 0 Å². The molecule has 2 fully saturated rings. The van der Waals surface area contributed by atoms with E-state index in [0.29, 0.717) is 13.0 Å². The van der Waals surface area contributed by atoms with Gasteiger partial charge in [0.05, 0.1) is 6.54 Å². The van der Waals surface area contributed by atoms with E-state index >= 15 is 0 Å². The van der Waals surface area contributed by atoms with Crippen molar-refractivity contribution in [1.29, 1.82) is 0 Å². The molecule has 0 saturated carbocycles. The van der Waals surface area contributed by atoms with Crippen LogP contribution in [0.2, 0.25) is 0 Å². The number of rotatable bonds is 5. The maximum absolute atomic E-state index is 12.4. The molecule has 1 aromatic carbocycles. The highest BCUT2D eigenvalue weighted by molar-refractivity contribution is 5.78. The zero-order valence-corrected chi connectivity index (χ0v) is 16.1. The second kappa shape index (κ2) is 8.21. The molecule has 2 aliphatic rings. The van der Waals surface area contributed by atoms with Crippen molar-refractivity contribution in [2.45, 2.75) is 32.1 Å². The lowest BCUT2D eigenvalue weighted by Gasteiger charge is -2.48. The van der Waals surface area contributed by atoms with Gasteiger partial charge in [0.15, 0.2) is 0 Å². The number of benzene rings is 1. The number of amides is 2. The smallest absolute Gasteiger partial charge is 0.236 e. The average Bonchev–Trinajstić information content (AvgIpc) is 2.64. The Hall–Kier alpha value is -1.88. The Bertz CT molecular complexity index is 631. The molecule has 0 N–H and O–H groups in total. The van der Waals surface area contributed by atoms with Crippen molar-refractivity contribution in [2.75, 3.05) is 46.8 Å². The fourth-order valence-corrected chi connectivity index (χ4v) is 4.33. The molecule has 2 amide bonds. The van der Waals surface area contributed by atoms with Crippen molar-refractivity contribution >= 4 is 11.8 Å². The zero-order valence-electron chi connectivity index (χ0n) is 16.1. The Morgan fingerprint density at radius 1 is 1.15 bits per heavy atom. The van der Waals surface area contributed by atoms with Crippen LogP contribution in [0.3, 0.4) is 0 Å². The summed E-state index contributed by atoms with van der Waals surface area (Å²) in [7, 11) is 3.62. The average molecular weight is 357 g/mol. The molecule has 0 aromatic heterocycles. The van der Waals surface area contributed by atoms with Gasteiger partial charge in [-0.3, -0.25) is 14.5 Å². The minimum Gasteiger partial charge on any atom is -0.348 e. The minimum absolute atomic E-state index is 0.162. The summed E-state index contributed by atoms with van der Waals surface area (Å²) in [6, 6.07) is 10.4. The van der Waals surface area contributed by atoms with Crippen LogP contribution in [0.4, 0.5) is 0 Å². The van der Waals surface area contributed by atoms with Gasteiger partial charge in [-0.05, 0) is 37.8 Å². The first-order chi connectivity index (χ1) is 12.5. The third-order valence-electron chi connectivity index (χ3n) is 5.86. The van der Waals surface area contributed by atoms with Gasteiger partial charge in [0, 0.05) is 45.6 Å². The number of carbonyl (C=O) groups excluding carboxylic acids is 2. The van der Waals surface area contributed by atoms with Crippen molar-refractivity contribution in [2.24, 2.45) is 5.41 Å².